The number of benzene rings is 1. The van der Waals surface area contributed by atoms with Crippen molar-refractivity contribution in [3.05, 3.63) is 30.0 Å². The van der Waals surface area contributed by atoms with Crippen molar-refractivity contribution >= 4 is 32.6 Å². The molecule has 0 fully saturated rings. The Labute approximate surface area is 135 Å². The van der Waals surface area contributed by atoms with Crippen LogP contribution in [-0.4, -0.2) is 31.7 Å². The molecule has 122 valence electrons. The van der Waals surface area contributed by atoms with E-state index in [-0.39, 0.29) is 23.7 Å². The van der Waals surface area contributed by atoms with Crippen molar-refractivity contribution in [2.24, 2.45) is 0 Å². The van der Waals surface area contributed by atoms with Gasteiger partial charge in [-0.2, -0.15) is 0 Å². The Balaban J connectivity index is 2.39. The summed E-state index contributed by atoms with van der Waals surface area (Å²) < 4.78 is 31.9. The molecule has 0 bridgehead atoms. The number of ether oxygens (including phenoxy) is 1. The van der Waals surface area contributed by atoms with E-state index in [2.05, 4.69) is 15.6 Å². The Morgan fingerprint density at radius 2 is 2.13 bits per heavy atom. The fourth-order valence-electron chi connectivity index (χ4n) is 2.18. The fraction of sp³-hybridized carbons (Fsp3) is 0.312. The topological polar surface area (TPSA) is 88.3 Å². The molecule has 0 atom stereocenters. The zero-order valence-corrected chi connectivity index (χ0v) is 13.6. The molecule has 6 nitrogen and oxygen atoms in total. The molecule has 0 spiro atoms. The number of sulfonamides is 1. The lowest BCUT2D eigenvalue weighted by molar-refractivity contribution is 0.0522. The van der Waals surface area contributed by atoms with Crippen molar-refractivity contribution in [2.75, 3.05) is 17.1 Å². The SMILES string of the molecule is C#CCCCS(=O)(=O)Nc1c(C(=O)OCC)[nH]c2ccccc12. The standard InChI is InChI=1S/C16H18N2O4S/c1-3-5-8-11-23(20,21)18-14-12-9-6-7-10-13(12)17-15(14)16(19)22-4-2/h1,6-7,9-10,17-18H,4-5,8,11H2,2H3. The molecule has 1 aromatic carbocycles. The summed E-state index contributed by atoms with van der Waals surface area (Å²) in [5, 5.41) is 0.607. The minimum Gasteiger partial charge on any atom is -0.461 e. The maximum Gasteiger partial charge on any atom is 0.356 e. The average Bonchev–Trinajstić information content (AvgIpc) is 2.86. The van der Waals surface area contributed by atoms with E-state index in [1.54, 1.807) is 31.2 Å². The molecule has 2 rings (SSSR count). The number of fused-ring (bicyclic) bond motifs is 1. The van der Waals surface area contributed by atoms with E-state index >= 15 is 0 Å². The Morgan fingerprint density at radius 3 is 2.83 bits per heavy atom. The van der Waals surface area contributed by atoms with Gasteiger partial charge in [0.1, 0.15) is 0 Å². The summed E-state index contributed by atoms with van der Waals surface area (Å²) in [6.45, 7) is 1.88. The average molecular weight is 334 g/mol. The number of hydrogen-bond donors (Lipinski definition) is 2. The van der Waals surface area contributed by atoms with Gasteiger partial charge in [0.25, 0.3) is 0 Å². The van der Waals surface area contributed by atoms with Gasteiger partial charge in [0.2, 0.25) is 10.0 Å². The molecule has 0 unspecified atom stereocenters. The van der Waals surface area contributed by atoms with Gasteiger partial charge >= 0.3 is 5.97 Å². The van der Waals surface area contributed by atoms with E-state index < -0.39 is 16.0 Å². The van der Waals surface area contributed by atoms with Gasteiger partial charge in [0, 0.05) is 17.3 Å². The lowest BCUT2D eigenvalue weighted by atomic mass is 10.2. The molecule has 0 amide bonds. The van der Waals surface area contributed by atoms with Crippen molar-refractivity contribution in [2.45, 2.75) is 19.8 Å². The van der Waals surface area contributed by atoms with Crippen molar-refractivity contribution in [3.8, 4) is 12.3 Å². The monoisotopic (exact) mass is 334 g/mol. The van der Waals surface area contributed by atoms with Crippen LogP contribution in [0.1, 0.15) is 30.3 Å². The Morgan fingerprint density at radius 1 is 1.39 bits per heavy atom. The molecule has 2 N–H and O–H groups in total. The number of rotatable bonds is 7. The molecule has 7 heteroatoms. The maximum absolute atomic E-state index is 12.2. The summed E-state index contributed by atoms with van der Waals surface area (Å²) in [7, 11) is -3.61. The summed E-state index contributed by atoms with van der Waals surface area (Å²) >= 11 is 0. The number of hydrogen-bond acceptors (Lipinski definition) is 4. The lowest BCUT2D eigenvalue weighted by Gasteiger charge is -2.09. The number of aromatic nitrogens is 1. The van der Waals surface area contributed by atoms with Crippen LogP contribution in [0.4, 0.5) is 5.69 Å². The van der Waals surface area contributed by atoms with Crippen LogP contribution < -0.4 is 4.72 Å². The first-order valence-corrected chi connectivity index (χ1v) is 8.85. The molecule has 0 saturated carbocycles. The van der Waals surface area contributed by atoms with E-state index in [9.17, 15) is 13.2 Å². The van der Waals surface area contributed by atoms with Crippen molar-refractivity contribution in [1.82, 2.24) is 4.98 Å². The predicted octanol–water partition coefficient (Wildman–Crippen LogP) is 2.50. The van der Waals surface area contributed by atoms with Gasteiger partial charge < -0.3 is 9.72 Å². The summed E-state index contributed by atoms with van der Waals surface area (Å²) in [6.07, 6.45) is 5.86. The Hall–Kier alpha value is -2.46. The second kappa shape index (κ2) is 7.20. The number of nitrogens with one attached hydrogen (secondary N) is 2. The maximum atomic E-state index is 12.2. The molecule has 23 heavy (non-hydrogen) atoms. The second-order valence-electron chi connectivity index (χ2n) is 4.87. The Bertz CT molecular complexity index is 847. The zero-order valence-electron chi connectivity index (χ0n) is 12.8. The molecule has 1 heterocycles. The molecule has 0 saturated heterocycles. The first-order chi connectivity index (χ1) is 11.0. The first-order valence-electron chi connectivity index (χ1n) is 7.20. The van der Waals surface area contributed by atoms with Crippen LogP contribution in [0.25, 0.3) is 10.9 Å². The van der Waals surface area contributed by atoms with E-state index in [0.717, 1.165) is 0 Å². The van der Waals surface area contributed by atoms with Crippen LogP contribution in [0.5, 0.6) is 0 Å². The molecule has 0 aliphatic rings. The first kappa shape index (κ1) is 16.9. The second-order valence-corrected chi connectivity index (χ2v) is 6.71. The number of aromatic amines is 1. The lowest BCUT2D eigenvalue weighted by Crippen LogP contribution is -2.18. The predicted molar refractivity (Wildman–Crippen MR) is 89.7 cm³/mol. The van der Waals surface area contributed by atoms with Crippen LogP contribution in [-0.2, 0) is 14.8 Å². The van der Waals surface area contributed by atoms with Crippen LogP contribution in [0.2, 0.25) is 0 Å². The van der Waals surface area contributed by atoms with E-state index in [1.807, 2.05) is 0 Å². The van der Waals surface area contributed by atoms with E-state index in [4.69, 9.17) is 11.2 Å². The number of anilines is 1. The van der Waals surface area contributed by atoms with Gasteiger partial charge in [-0.1, -0.05) is 18.2 Å². The van der Waals surface area contributed by atoms with E-state index in [1.165, 1.54) is 0 Å². The highest BCUT2D eigenvalue weighted by Gasteiger charge is 2.22. The smallest absolute Gasteiger partial charge is 0.356 e. The van der Waals surface area contributed by atoms with Crippen LogP contribution >= 0.6 is 0 Å². The summed E-state index contributed by atoms with van der Waals surface area (Å²) in [5.41, 5.74) is 0.949. The Kier molecular flexibility index (Phi) is 5.29. The third-order valence-corrected chi connectivity index (χ3v) is 4.52. The third kappa shape index (κ3) is 4.05. The number of H-pyrrole nitrogens is 1. The van der Waals surface area contributed by atoms with Gasteiger partial charge in [-0.25, -0.2) is 13.2 Å². The minimum absolute atomic E-state index is 0.0913. The molecule has 2 aromatic rings. The number of carbonyl (C=O) groups is 1. The van der Waals surface area contributed by atoms with Gasteiger partial charge in [-0.05, 0) is 19.4 Å². The molecule has 0 radical (unpaired) electrons. The molecule has 0 aliphatic heterocycles. The van der Waals surface area contributed by atoms with Gasteiger partial charge in [0.15, 0.2) is 5.69 Å². The van der Waals surface area contributed by atoms with Crippen molar-refractivity contribution < 1.29 is 17.9 Å². The van der Waals surface area contributed by atoms with Crippen molar-refractivity contribution in [1.29, 1.82) is 0 Å². The zero-order chi connectivity index (χ0) is 16.9. The fourth-order valence-corrected chi connectivity index (χ4v) is 3.32. The highest BCUT2D eigenvalue weighted by Crippen LogP contribution is 2.29. The van der Waals surface area contributed by atoms with Crippen LogP contribution in [0.3, 0.4) is 0 Å². The molecule has 1 aromatic heterocycles. The summed E-state index contributed by atoms with van der Waals surface area (Å²) in [5.74, 6) is 1.68. The summed E-state index contributed by atoms with van der Waals surface area (Å²) in [4.78, 5) is 15.0. The molecular formula is C16H18N2O4S. The normalized spacial score (nSPS) is 11.1. The molecular weight excluding hydrogens is 316 g/mol. The van der Waals surface area contributed by atoms with Gasteiger partial charge in [-0.3, -0.25) is 4.72 Å². The number of carbonyl (C=O) groups excluding carboxylic acids is 1. The minimum atomic E-state index is -3.61. The molecule has 0 aliphatic carbocycles. The highest BCUT2D eigenvalue weighted by atomic mass is 32.2. The number of terminal acetylenes is 1. The van der Waals surface area contributed by atoms with Crippen LogP contribution in [0.15, 0.2) is 24.3 Å². The number of unbranched alkanes of at least 4 members (excludes halogenated alkanes) is 1. The van der Waals surface area contributed by atoms with Gasteiger partial charge in [0.05, 0.1) is 18.0 Å². The highest BCUT2D eigenvalue weighted by molar-refractivity contribution is 7.92. The van der Waals surface area contributed by atoms with Crippen LogP contribution in [0, 0.1) is 12.3 Å². The number of esters is 1. The van der Waals surface area contributed by atoms with Gasteiger partial charge in [-0.15, -0.1) is 12.3 Å². The quantitative estimate of drug-likeness (QED) is 0.462. The largest absolute Gasteiger partial charge is 0.461 e. The summed E-state index contributed by atoms with van der Waals surface area (Å²) in [6, 6.07) is 7.04. The van der Waals surface area contributed by atoms with Crippen molar-refractivity contribution in [3.63, 3.8) is 0 Å². The van der Waals surface area contributed by atoms with E-state index in [0.29, 0.717) is 23.7 Å². The third-order valence-electron chi connectivity index (χ3n) is 3.18. The number of para-hydroxylation sites is 1.